The Bertz CT molecular complexity index is 1020. The summed E-state index contributed by atoms with van der Waals surface area (Å²) in [7, 11) is 0. The minimum atomic E-state index is -0.483. The van der Waals surface area contributed by atoms with Crippen LogP contribution in [0.2, 0.25) is 8.67 Å². The highest BCUT2D eigenvalue weighted by Crippen LogP contribution is 2.32. The number of nitrogens with one attached hydrogen (secondary N) is 1. The molecule has 1 amide bonds. The molecule has 0 aliphatic rings. The maximum Gasteiger partial charge on any atom is 0.322 e. The van der Waals surface area contributed by atoms with E-state index in [0.717, 1.165) is 16.7 Å². The van der Waals surface area contributed by atoms with Gasteiger partial charge in [-0.05, 0) is 18.2 Å². The van der Waals surface area contributed by atoms with Gasteiger partial charge in [0.15, 0.2) is 5.76 Å². The Morgan fingerprint density at radius 2 is 1.96 bits per heavy atom. The van der Waals surface area contributed by atoms with Gasteiger partial charge in [0.2, 0.25) is 0 Å². The van der Waals surface area contributed by atoms with Gasteiger partial charge in [-0.1, -0.05) is 46.5 Å². The van der Waals surface area contributed by atoms with Crippen molar-refractivity contribution < 1.29 is 13.6 Å². The number of rotatable bonds is 3. The van der Waals surface area contributed by atoms with E-state index in [2.05, 4.69) is 15.5 Å². The smallest absolute Gasteiger partial charge is 0.322 e. The van der Waals surface area contributed by atoms with Gasteiger partial charge in [-0.25, -0.2) is 0 Å². The molecule has 0 saturated heterocycles. The highest BCUT2D eigenvalue weighted by atomic mass is 35.5. The van der Waals surface area contributed by atoms with Crippen LogP contribution in [0.3, 0.4) is 0 Å². The summed E-state index contributed by atoms with van der Waals surface area (Å²) in [6.45, 7) is 0. The lowest BCUT2D eigenvalue weighted by atomic mass is 10.2. The van der Waals surface area contributed by atoms with E-state index in [4.69, 9.17) is 32.0 Å². The number of carbonyl (C=O) groups excluding carboxylic acids is 1. The average Bonchev–Trinajstić information content (AvgIpc) is 3.24. The van der Waals surface area contributed by atoms with E-state index in [-0.39, 0.29) is 21.8 Å². The summed E-state index contributed by atoms with van der Waals surface area (Å²) >= 11 is 12.9. The minimum absolute atomic E-state index is 0.0613. The second-order valence-electron chi connectivity index (χ2n) is 4.75. The number of carbonyl (C=O) groups is 1. The standard InChI is InChI=1S/C15H7Cl2N3O3S/c16-11-6-8(12(17)24-11)13(21)18-15-20-19-14(23-15)10-5-7-3-1-2-4-9(7)22-10/h1-6H,(H,18,20,21). The molecular formula is C15H7Cl2N3O3S. The zero-order chi connectivity index (χ0) is 16.7. The minimum Gasteiger partial charge on any atom is -0.451 e. The number of hydrogen-bond donors (Lipinski definition) is 1. The zero-order valence-electron chi connectivity index (χ0n) is 11.7. The first-order chi connectivity index (χ1) is 11.6. The molecule has 3 aromatic heterocycles. The maximum absolute atomic E-state index is 12.1. The topological polar surface area (TPSA) is 81.2 Å². The number of fused-ring (bicyclic) bond motifs is 1. The van der Waals surface area contributed by atoms with Crippen molar-refractivity contribution in [2.45, 2.75) is 0 Å². The molecule has 4 aromatic rings. The largest absolute Gasteiger partial charge is 0.451 e. The second-order valence-corrected chi connectivity index (χ2v) is 7.04. The Morgan fingerprint density at radius 1 is 1.12 bits per heavy atom. The molecule has 0 aliphatic heterocycles. The van der Waals surface area contributed by atoms with Gasteiger partial charge in [-0.3, -0.25) is 10.1 Å². The summed E-state index contributed by atoms with van der Waals surface area (Å²) in [6, 6.07) is 10.7. The highest BCUT2D eigenvalue weighted by Gasteiger charge is 2.18. The molecule has 4 rings (SSSR count). The van der Waals surface area contributed by atoms with E-state index in [9.17, 15) is 4.79 Å². The van der Waals surface area contributed by atoms with Crippen molar-refractivity contribution in [2.24, 2.45) is 0 Å². The molecular weight excluding hydrogens is 373 g/mol. The lowest BCUT2D eigenvalue weighted by molar-refractivity contribution is 0.102. The number of anilines is 1. The van der Waals surface area contributed by atoms with Gasteiger partial charge in [0.1, 0.15) is 9.92 Å². The first kappa shape index (κ1) is 15.2. The lowest BCUT2D eigenvalue weighted by Gasteiger charge is -1.97. The van der Waals surface area contributed by atoms with Gasteiger partial charge in [0.05, 0.1) is 9.90 Å². The van der Waals surface area contributed by atoms with Crippen LogP contribution in [-0.4, -0.2) is 16.1 Å². The number of para-hydroxylation sites is 1. The molecule has 0 spiro atoms. The monoisotopic (exact) mass is 379 g/mol. The Balaban J connectivity index is 1.58. The van der Waals surface area contributed by atoms with Crippen LogP contribution in [0, 0.1) is 0 Å². The third-order valence-electron chi connectivity index (χ3n) is 3.18. The third-order valence-corrected chi connectivity index (χ3v) is 4.67. The molecule has 3 heterocycles. The number of hydrogen-bond acceptors (Lipinski definition) is 6. The number of benzene rings is 1. The molecule has 120 valence electrons. The van der Waals surface area contributed by atoms with E-state index in [1.807, 2.05) is 24.3 Å². The Morgan fingerprint density at radius 3 is 2.71 bits per heavy atom. The third kappa shape index (κ3) is 2.77. The normalized spacial score (nSPS) is 11.1. The number of furan rings is 1. The molecule has 24 heavy (non-hydrogen) atoms. The lowest BCUT2D eigenvalue weighted by Crippen LogP contribution is -2.11. The van der Waals surface area contributed by atoms with Crippen LogP contribution in [0.5, 0.6) is 0 Å². The average molecular weight is 380 g/mol. The molecule has 0 atom stereocenters. The summed E-state index contributed by atoms with van der Waals surface area (Å²) in [5.41, 5.74) is 0.950. The highest BCUT2D eigenvalue weighted by molar-refractivity contribution is 7.20. The van der Waals surface area contributed by atoms with Gasteiger partial charge >= 0.3 is 6.01 Å². The van der Waals surface area contributed by atoms with E-state index in [1.165, 1.54) is 6.07 Å². The number of halogens is 2. The fraction of sp³-hybridized carbons (Fsp3) is 0. The van der Waals surface area contributed by atoms with Crippen molar-refractivity contribution in [3.63, 3.8) is 0 Å². The quantitative estimate of drug-likeness (QED) is 0.535. The number of nitrogens with zero attached hydrogens (tertiary/aromatic N) is 2. The zero-order valence-corrected chi connectivity index (χ0v) is 14.1. The van der Waals surface area contributed by atoms with Crippen molar-refractivity contribution in [3.8, 4) is 11.7 Å². The van der Waals surface area contributed by atoms with Gasteiger partial charge in [-0.2, -0.15) is 0 Å². The van der Waals surface area contributed by atoms with Crippen molar-refractivity contribution >= 4 is 57.4 Å². The van der Waals surface area contributed by atoms with Gasteiger partial charge in [0.25, 0.3) is 11.8 Å². The molecule has 0 bridgehead atoms. The van der Waals surface area contributed by atoms with Crippen LogP contribution in [0.1, 0.15) is 10.4 Å². The van der Waals surface area contributed by atoms with Crippen molar-refractivity contribution in [1.82, 2.24) is 10.2 Å². The first-order valence-corrected chi connectivity index (χ1v) is 8.26. The molecule has 0 aliphatic carbocycles. The summed E-state index contributed by atoms with van der Waals surface area (Å²) in [5, 5.41) is 11.0. The predicted molar refractivity (Wildman–Crippen MR) is 91.8 cm³/mol. The Kier molecular flexibility index (Phi) is 3.76. The van der Waals surface area contributed by atoms with Gasteiger partial charge in [0, 0.05) is 5.39 Å². The molecule has 0 unspecified atom stereocenters. The summed E-state index contributed by atoms with van der Waals surface area (Å²) in [4.78, 5) is 12.1. The van der Waals surface area contributed by atoms with Crippen LogP contribution in [0.25, 0.3) is 22.6 Å². The second kappa shape index (κ2) is 5.94. The van der Waals surface area contributed by atoms with Crippen molar-refractivity contribution in [1.29, 1.82) is 0 Å². The summed E-state index contributed by atoms with van der Waals surface area (Å²) < 4.78 is 11.8. The first-order valence-electron chi connectivity index (χ1n) is 6.69. The SMILES string of the molecule is O=C(Nc1nnc(-c2cc3ccccc3o2)o1)c1cc(Cl)sc1Cl. The fourth-order valence-electron chi connectivity index (χ4n) is 2.12. The Hall–Kier alpha value is -2.35. The number of thiophene rings is 1. The van der Waals surface area contributed by atoms with Crippen LogP contribution < -0.4 is 5.32 Å². The van der Waals surface area contributed by atoms with Gasteiger partial charge < -0.3 is 8.83 Å². The van der Waals surface area contributed by atoms with E-state index >= 15 is 0 Å². The number of aromatic nitrogens is 2. The molecule has 0 fully saturated rings. The predicted octanol–water partition coefficient (Wildman–Crippen LogP) is 5.10. The van der Waals surface area contributed by atoms with Crippen molar-refractivity contribution in [3.05, 3.63) is 50.6 Å². The van der Waals surface area contributed by atoms with Gasteiger partial charge in [-0.15, -0.1) is 16.4 Å². The van der Waals surface area contributed by atoms with Crippen LogP contribution in [0.15, 0.2) is 45.2 Å². The number of amides is 1. The van der Waals surface area contributed by atoms with E-state index in [1.54, 1.807) is 6.07 Å². The Labute approximate surface area is 149 Å². The van der Waals surface area contributed by atoms with Crippen LogP contribution in [0.4, 0.5) is 6.01 Å². The van der Waals surface area contributed by atoms with Crippen LogP contribution in [-0.2, 0) is 0 Å². The molecule has 0 radical (unpaired) electrons. The van der Waals surface area contributed by atoms with Crippen LogP contribution >= 0.6 is 34.5 Å². The molecule has 1 aromatic carbocycles. The molecule has 0 saturated carbocycles. The van der Waals surface area contributed by atoms with E-state index in [0.29, 0.717) is 15.7 Å². The summed E-state index contributed by atoms with van der Waals surface area (Å²) in [6.07, 6.45) is 0. The molecule has 9 heteroatoms. The molecule has 6 nitrogen and oxygen atoms in total. The molecule has 1 N–H and O–H groups in total. The fourth-order valence-corrected chi connectivity index (χ4v) is 3.58. The summed E-state index contributed by atoms with van der Waals surface area (Å²) in [5.74, 6) is 0.0970. The van der Waals surface area contributed by atoms with E-state index < -0.39 is 5.91 Å². The maximum atomic E-state index is 12.1. The van der Waals surface area contributed by atoms with Crippen molar-refractivity contribution in [2.75, 3.05) is 5.32 Å².